The first-order valence-electron chi connectivity index (χ1n) is 5.13. The number of nitrogens with zero attached hydrogens (tertiary/aromatic N) is 2. The minimum Gasteiger partial charge on any atom is -0.389 e. The molecule has 0 aromatic rings. The maximum absolute atomic E-state index is 11.5. The molecule has 4 nitrogen and oxygen atoms in total. The Hall–Kier alpha value is -0.610. The summed E-state index contributed by atoms with van der Waals surface area (Å²) in [6.45, 7) is 6.37. The summed E-state index contributed by atoms with van der Waals surface area (Å²) in [5.41, 5.74) is -0.606. The second-order valence-electron chi connectivity index (χ2n) is 4.37. The lowest BCUT2D eigenvalue weighted by atomic mass is 10.1. The molecule has 1 amide bonds. The van der Waals surface area contributed by atoms with Crippen molar-refractivity contribution < 1.29 is 9.90 Å². The van der Waals surface area contributed by atoms with Crippen molar-refractivity contribution in [1.82, 2.24) is 9.80 Å². The number of likely N-dealkylation sites (tertiary alicyclic amines) is 1. The molecule has 0 spiro atoms. The molecule has 0 aromatic heterocycles. The Kier molecular flexibility index (Phi) is 3.50. The molecule has 1 aliphatic rings. The minimum absolute atomic E-state index is 0.130. The summed E-state index contributed by atoms with van der Waals surface area (Å²) in [5.74, 6) is 0.130. The topological polar surface area (TPSA) is 43.8 Å². The average Bonchev–Trinajstić information content (AvgIpc) is 2.44. The zero-order valence-electron chi connectivity index (χ0n) is 9.29. The van der Waals surface area contributed by atoms with Crippen molar-refractivity contribution in [2.45, 2.75) is 25.9 Å². The molecule has 1 atom stereocenters. The van der Waals surface area contributed by atoms with E-state index in [2.05, 4.69) is 0 Å². The predicted octanol–water partition coefficient (Wildman–Crippen LogP) is -0.0786. The summed E-state index contributed by atoms with van der Waals surface area (Å²) < 4.78 is 0. The van der Waals surface area contributed by atoms with Gasteiger partial charge < -0.3 is 10.0 Å². The highest BCUT2D eigenvalue weighted by Gasteiger charge is 2.32. The van der Waals surface area contributed by atoms with Gasteiger partial charge in [0.2, 0.25) is 5.91 Å². The molecular formula is C10H20N2O2. The van der Waals surface area contributed by atoms with E-state index in [1.807, 2.05) is 18.7 Å². The smallest absolute Gasteiger partial charge is 0.236 e. The number of β-amino-alcohol motifs (C(OH)–C–C–N with tert-alkyl or cyclic N) is 1. The van der Waals surface area contributed by atoms with E-state index < -0.39 is 5.60 Å². The van der Waals surface area contributed by atoms with Crippen LogP contribution in [0.2, 0.25) is 0 Å². The second kappa shape index (κ2) is 4.28. The van der Waals surface area contributed by atoms with Gasteiger partial charge in [0.25, 0.3) is 0 Å². The Balaban J connectivity index is 2.36. The molecule has 82 valence electrons. The zero-order valence-corrected chi connectivity index (χ0v) is 9.29. The van der Waals surface area contributed by atoms with Gasteiger partial charge in [-0.05, 0) is 20.3 Å². The van der Waals surface area contributed by atoms with Gasteiger partial charge in [-0.3, -0.25) is 9.69 Å². The van der Waals surface area contributed by atoms with E-state index >= 15 is 0 Å². The van der Waals surface area contributed by atoms with Crippen molar-refractivity contribution in [2.24, 2.45) is 0 Å². The highest BCUT2D eigenvalue weighted by Crippen LogP contribution is 2.19. The number of aliphatic hydroxyl groups is 1. The molecule has 0 aromatic carbocycles. The van der Waals surface area contributed by atoms with Gasteiger partial charge in [0.1, 0.15) is 0 Å². The molecule has 1 aliphatic heterocycles. The monoisotopic (exact) mass is 200 g/mol. The number of carbonyl (C=O) groups excluding carboxylic acids is 1. The number of amides is 1. The fraction of sp³-hybridized carbons (Fsp3) is 0.900. The first kappa shape index (κ1) is 11.5. The van der Waals surface area contributed by atoms with Crippen LogP contribution in [0, 0.1) is 0 Å². The van der Waals surface area contributed by atoms with Crippen molar-refractivity contribution in [2.75, 3.05) is 33.2 Å². The molecule has 0 radical (unpaired) electrons. The molecule has 1 rings (SSSR count). The van der Waals surface area contributed by atoms with Gasteiger partial charge in [-0.2, -0.15) is 0 Å². The highest BCUT2D eigenvalue weighted by molar-refractivity contribution is 5.77. The van der Waals surface area contributed by atoms with Crippen LogP contribution in [0.1, 0.15) is 20.3 Å². The van der Waals surface area contributed by atoms with Gasteiger partial charge in [-0.25, -0.2) is 0 Å². The largest absolute Gasteiger partial charge is 0.389 e. The molecule has 1 heterocycles. The van der Waals surface area contributed by atoms with Crippen molar-refractivity contribution >= 4 is 5.91 Å². The van der Waals surface area contributed by atoms with Crippen molar-refractivity contribution in [3.05, 3.63) is 0 Å². The van der Waals surface area contributed by atoms with Gasteiger partial charge in [0.05, 0.1) is 12.1 Å². The van der Waals surface area contributed by atoms with E-state index in [9.17, 15) is 9.90 Å². The molecule has 14 heavy (non-hydrogen) atoms. The molecule has 1 N–H and O–H groups in total. The Morgan fingerprint density at radius 2 is 2.29 bits per heavy atom. The first-order valence-corrected chi connectivity index (χ1v) is 5.13. The lowest BCUT2D eigenvalue weighted by Crippen LogP contribution is -2.39. The predicted molar refractivity (Wildman–Crippen MR) is 55.0 cm³/mol. The normalized spacial score (nSPS) is 28.0. The summed E-state index contributed by atoms with van der Waals surface area (Å²) in [5, 5.41) is 9.71. The fourth-order valence-electron chi connectivity index (χ4n) is 1.66. The third kappa shape index (κ3) is 2.96. The Bertz CT molecular complexity index is 216. The van der Waals surface area contributed by atoms with E-state index in [0.29, 0.717) is 13.1 Å². The average molecular weight is 200 g/mol. The molecule has 1 unspecified atom stereocenters. The van der Waals surface area contributed by atoms with E-state index in [0.717, 1.165) is 19.5 Å². The van der Waals surface area contributed by atoms with Gasteiger partial charge >= 0.3 is 0 Å². The number of likely N-dealkylation sites (N-methyl/N-ethyl adjacent to an activating group) is 1. The van der Waals surface area contributed by atoms with Gasteiger partial charge in [0.15, 0.2) is 0 Å². The van der Waals surface area contributed by atoms with Gasteiger partial charge in [-0.1, -0.05) is 0 Å². The quantitative estimate of drug-likeness (QED) is 0.693. The van der Waals surface area contributed by atoms with Crippen molar-refractivity contribution in [3.63, 3.8) is 0 Å². The summed E-state index contributed by atoms with van der Waals surface area (Å²) in [6.07, 6.45) is 0.760. The van der Waals surface area contributed by atoms with Crippen LogP contribution in [0.4, 0.5) is 0 Å². The van der Waals surface area contributed by atoms with Crippen LogP contribution in [0.25, 0.3) is 0 Å². The SMILES string of the molecule is CCN(C)C(=O)CN1CCC(C)(O)C1. The van der Waals surface area contributed by atoms with Crippen LogP contribution in [0.5, 0.6) is 0 Å². The van der Waals surface area contributed by atoms with Crippen LogP contribution in [-0.2, 0) is 4.79 Å². The number of rotatable bonds is 3. The number of carbonyl (C=O) groups is 1. The zero-order chi connectivity index (χ0) is 10.8. The Labute approximate surface area is 85.5 Å². The standard InChI is InChI=1S/C10H20N2O2/c1-4-11(3)9(13)7-12-6-5-10(2,14)8-12/h14H,4-8H2,1-3H3. The molecule has 0 saturated carbocycles. The summed E-state index contributed by atoms with van der Waals surface area (Å²) >= 11 is 0. The van der Waals surface area contributed by atoms with Crippen molar-refractivity contribution in [1.29, 1.82) is 0 Å². The van der Waals surface area contributed by atoms with E-state index in [1.165, 1.54) is 0 Å². The maximum Gasteiger partial charge on any atom is 0.236 e. The maximum atomic E-state index is 11.5. The number of hydrogen-bond acceptors (Lipinski definition) is 3. The Morgan fingerprint density at radius 3 is 2.71 bits per heavy atom. The van der Waals surface area contributed by atoms with Crippen LogP contribution < -0.4 is 0 Å². The highest BCUT2D eigenvalue weighted by atomic mass is 16.3. The molecule has 0 aliphatic carbocycles. The van der Waals surface area contributed by atoms with Gasteiger partial charge in [0, 0.05) is 26.7 Å². The number of hydrogen-bond donors (Lipinski definition) is 1. The summed E-state index contributed by atoms with van der Waals surface area (Å²) in [6, 6.07) is 0. The minimum atomic E-state index is -0.606. The Morgan fingerprint density at radius 1 is 1.64 bits per heavy atom. The third-order valence-corrected chi connectivity index (χ3v) is 2.79. The first-order chi connectivity index (χ1) is 6.44. The van der Waals surface area contributed by atoms with Gasteiger partial charge in [-0.15, -0.1) is 0 Å². The molecule has 1 saturated heterocycles. The molecule has 1 fully saturated rings. The second-order valence-corrected chi connectivity index (χ2v) is 4.37. The molecular weight excluding hydrogens is 180 g/mol. The third-order valence-electron chi connectivity index (χ3n) is 2.79. The van der Waals surface area contributed by atoms with E-state index in [-0.39, 0.29) is 5.91 Å². The molecule has 0 bridgehead atoms. The summed E-state index contributed by atoms with van der Waals surface area (Å²) in [4.78, 5) is 15.3. The van der Waals surface area contributed by atoms with Crippen LogP contribution in [0.15, 0.2) is 0 Å². The van der Waals surface area contributed by atoms with Crippen LogP contribution >= 0.6 is 0 Å². The lowest BCUT2D eigenvalue weighted by Gasteiger charge is -2.21. The summed E-state index contributed by atoms with van der Waals surface area (Å²) in [7, 11) is 1.80. The van der Waals surface area contributed by atoms with Crippen molar-refractivity contribution in [3.8, 4) is 0 Å². The van der Waals surface area contributed by atoms with Crippen LogP contribution in [-0.4, -0.2) is 59.6 Å². The van der Waals surface area contributed by atoms with E-state index in [4.69, 9.17) is 0 Å². The van der Waals surface area contributed by atoms with E-state index in [1.54, 1.807) is 11.9 Å². The van der Waals surface area contributed by atoms with Crippen LogP contribution in [0.3, 0.4) is 0 Å². The fourth-order valence-corrected chi connectivity index (χ4v) is 1.66. The molecule has 4 heteroatoms. The lowest BCUT2D eigenvalue weighted by molar-refractivity contribution is -0.130.